The average Bonchev–Trinajstić information content (AvgIpc) is 3.45. The predicted molar refractivity (Wildman–Crippen MR) is 171 cm³/mol. The van der Waals surface area contributed by atoms with Crippen molar-refractivity contribution in [2.45, 2.75) is 59.7 Å². The zero-order valence-corrected chi connectivity index (χ0v) is 28.1. The van der Waals surface area contributed by atoms with Crippen LogP contribution in [0.1, 0.15) is 44.4 Å². The van der Waals surface area contributed by atoms with Gasteiger partial charge in [0.15, 0.2) is 55.7 Å². The normalized spacial score (nSPS) is 14.4. The number of rotatable bonds is 11. The number of sulfone groups is 1. The second-order valence-corrected chi connectivity index (χ2v) is 15.3. The van der Waals surface area contributed by atoms with Crippen molar-refractivity contribution in [2.75, 3.05) is 37.0 Å². The first-order valence-electron chi connectivity index (χ1n) is 14.9. The van der Waals surface area contributed by atoms with Gasteiger partial charge in [-0.1, -0.05) is 0 Å². The van der Waals surface area contributed by atoms with E-state index in [-0.39, 0.29) is 21.9 Å². The first-order valence-corrected chi connectivity index (χ1v) is 17.2. The molecule has 17 heteroatoms. The van der Waals surface area contributed by atoms with Gasteiger partial charge in [0.05, 0.1) is 22.5 Å². The maximum atomic E-state index is 15.6. The topological polar surface area (TPSA) is 139 Å². The molecule has 1 fully saturated rings. The van der Waals surface area contributed by atoms with Crippen molar-refractivity contribution < 1.29 is 35.1 Å². The molecule has 48 heavy (non-hydrogen) atoms. The Bertz CT molecular complexity index is 1910. The number of nitrogens with two attached hydrogens (primary N) is 1. The number of aromatic amines is 1. The van der Waals surface area contributed by atoms with Gasteiger partial charge in [-0.3, -0.25) is 5.10 Å². The fraction of sp³-hybridized carbons (Fsp3) is 0.387. The third kappa shape index (κ3) is 6.80. The van der Waals surface area contributed by atoms with Crippen molar-refractivity contribution in [1.82, 2.24) is 20.2 Å². The number of halogens is 5. The molecule has 258 valence electrons. The standard InChI is InChI=1S/C31H34F5N7O3S2/c1-16-13-23(42-41-16)38-28-27(46-4)29(43-11-8-17(7-10-37)9-12-43)40-30(39-28)47-22-6-5-18(14-19(22)32)48(44,45)31(2,3)24-25(35)20(33)15-21(34)26(24)36/h5-6,13-15,17H,7-12,37H2,1-4H3,(H2,38,39,40,41,42). The summed E-state index contributed by atoms with van der Waals surface area (Å²) in [4.78, 5) is 10.5. The summed E-state index contributed by atoms with van der Waals surface area (Å²) >= 11 is 0.804. The van der Waals surface area contributed by atoms with E-state index >= 15 is 4.39 Å². The van der Waals surface area contributed by atoms with Crippen molar-refractivity contribution in [3.8, 4) is 5.75 Å². The lowest BCUT2D eigenvalue weighted by Crippen LogP contribution is -2.35. The number of methoxy groups -OCH3 is 1. The van der Waals surface area contributed by atoms with E-state index in [0.717, 1.165) is 62.7 Å². The Labute approximate surface area is 278 Å². The van der Waals surface area contributed by atoms with E-state index in [2.05, 4.69) is 25.5 Å². The molecule has 0 unspecified atom stereocenters. The molecule has 1 aliphatic heterocycles. The zero-order chi connectivity index (χ0) is 35.0. The van der Waals surface area contributed by atoms with Gasteiger partial charge in [-0.2, -0.15) is 5.10 Å². The van der Waals surface area contributed by atoms with Crippen LogP contribution in [0.5, 0.6) is 5.75 Å². The Hall–Kier alpha value is -3.96. The highest BCUT2D eigenvalue weighted by Crippen LogP contribution is 2.42. The van der Waals surface area contributed by atoms with Gasteiger partial charge in [-0.25, -0.2) is 40.3 Å². The van der Waals surface area contributed by atoms with Crippen LogP contribution in [0.4, 0.5) is 39.4 Å². The summed E-state index contributed by atoms with van der Waals surface area (Å²) in [6, 6.07) is 4.59. The molecule has 0 atom stereocenters. The minimum absolute atomic E-state index is 0.0180. The van der Waals surface area contributed by atoms with Crippen LogP contribution in [0.25, 0.3) is 0 Å². The largest absolute Gasteiger partial charge is 0.490 e. The van der Waals surface area contributed by atoms with E-state index in [4.69, 9.17) is 10.5 Å². The fourth-order valence-corrected chi connectivity index (χ4v) is 7.89. The summed E-state index contributed by atoms with van der Waals surface area (Å²) in [5.74, 6) is -6.28. The highest BCUT2D eigenvalue weighted by atomic mass is 32.2. The molecule has 10 nitrogen and oxygen atoms in total. The lowest BCUT2D eigenvalue weighted by molar-refractivity contribution is 0.375. The maximum Gasteiger partial charge on any atom is 0.204 e. The molecular weight excluding hydrogens is 678 g/mol. The summed E-state index contributed by atoms with van der Waals surface area (Å²) in [7, 11) is -3.33. The molecule has 0 bridgehead atoms. The number of hydrogen-bond donors (Lipinski definition) is 3. The molecule has 1 aliphatic rings. The van der Waals surface area contributed by atoms with Crippen LogP contribution in [-0.4, -0.2) is 55.3 Å². The SMILES string of the molecule is COc1c(Nc2cc(C)[nH]n2)nc(Sc2ccc(S(=O)(=O)C(C)(C)c3c(F)c(F)cc(F)c3F)cc2F)nc1N1CCC(CCN)CC1. The van der Waals surface area contributed by atoms with Gasteiger partial charge in [0.2, 0.25) is 5.75 Å². The molecule has 5 rings (SSSR count). The number of ether oxygens (including phenoxy) is 1. The summed E-state index contributed by atoms with van der Waals surface area (Å²) in [5, 5.41) is 10.2. The van der Waals surface area contributed by atoms with Crippen LogP contribution >= 0.6 is 11.8 Å². The van der Waals surface area contributed by atoms with Crippen LogP contribution in [-0.2, 0) is 14.6 Å². The third-order valence-corrected chi connectivity index (χ3v) is 11.6. The highest BCUT2D eigenvalue weighted by molar-refractivity contribution is 7.99. The van der Waals surface area contributed by atoms with Gasteiger partial charge in [0.1, 0.15) is 10.6 Å². The third-order valence-electron chi connectivity index (χ3n) is 8.27. The lowest BCUT2D eigenvalue weighted by atomic mass is 9.93. The Kier molecular flexibility index (Phi) is 10.2. The van der Waals surface area contributed by atoms with Crippen LogP contribution in [0, 0.1) is 41.9 Å². The smallest absolute Gasteiger partial charge is 0.204 e. The van der Waals surface area contributed by atoms with Gasteiger partial charge in [0, 0.05) is 30.9 Å². The minimum atomic E-state index is -4.81. The molecule has 0 saturated carbocycles. The van der Waals surface area contributed by atoms with Crippen LogP contribution in [0.15, 0.2) is 45.3 Å². The molecule has 2 aromatic carbocycles. The van der Waals surface area contributed by atoms with E-state index in [9.17, 15) is 26.0 Å². The van der Waals surface area contributed by atoms with E-state index < -0.39 is 54.1 Å². The Morgan fingerprint density at radius 2 is 1.71 bits per heavy atom. The van der Waals surface area contributed by atoms with Crippen LogP contribution < -0.4 is 20.7 Å². The number of H-pyrrole nitrogens is 1. The zero-order valence-electron chi connectivity index (χ0n) is 26.5. The van der Waals surface area contributed by atoms with Gasteiger partial charge in [-0.15, -0.1) is 0 Å². The van der Waals surface area contributed by atoms with Crippen molar-refractivity contribution in [3.05, 3.63) is 70.7 Å². The Balaban J connectivity index is 1.50. The summed E-state index contributed by atoms with van der Waals surface area (Å²) < 4.78 is 103. The van der Waals surface area contributed by atoms with Crippen molar-refractivity contribution in [2.24, 2.45) is 11.7 Å². The molecular formula is C31H34F5N7O3S2. The monoisotopic (exact) mass is 711 g/mol. The number of aryl methyl sites for hydroxylation is 1. The van der Waals surface area contributed by atoms with Crippen molar-refractivity contribution in [3.63, 3.8) is 0 Å². The molecule has 4 N–H and O–H groups in total. The van der Waals surface area contributed by atoms with E-state index in [1.54, 1.807) is 6.07 Å². The van der Waals surface area contributed by atoms with Gasteiger partial charge >= 0.3 is 0 Å². The summed E-state index contributed by atoms with van der Waals surface area (Å²) in [6.07, 6.45) is 2.67. The van der Waals surface area contributed by atoms with Crippen molar-refractivity contribution >= 4 is 39.1 Å². The number of nitrogens with one attached hydrogen (secondary N) is 2. The number of nitrogens with zero attached hydrogens (tertiary/aromatic N) is 4. The van der Waals surface area contributed by atoms with Crippen LogP contribution in [0.2, 0.25) is 0 Å². The first kappa shape index (κ1) is 35.3. The first-order chi connectivity index (χ1) is 22.7. The van der Waals surface area contributed by atoms with Crippen molar-refractivity contribution in [1.29, 1.82) is 0 Å². The number of aromatic nitrogens is 4. The molecule has 0 radical (unpaired) electrons. The van der Waals surface area contributed by atoms with Crippen LogP contribution in [0.3, 0.4) is 0 Å². The summed E-state index contributed by atoms with van der Waals surface area (Å²) in [5.41, 5.74) is 5.21. The second-order valence-electron chi connectivity index (χ2n) is 11.8. The molecule has 2 aromatic heterocycles. The summed E-state index contributed by atoms with van der Waals surface area (Å²) in [6.45, 7) is 5.51. The van der Waals surface area contributed by atoms with E-state index in [1.165, 1.54) is 7.11 Å². The molecule has 0 aliphatic carbocycles. The maximum absolute atomic E-state index is 15.6. The molecule has 0 spiro atoms. The fourth-order valence-electron chi connectivity index (χ4n) is 5.58. The number of benzene rings is 2. The molecule has 4 aromatic rings. The molecule has 3 heterocycles. The van der Waals surface area contributed by atoms with Gasteiger partial charge < -0.3 is 20.7 Å². The number of piperidine rings is 1. The quantitative estimate of drug-likeness (QED) is 0.0913. The molecule has 0 amide bonds. The Morgan fingerprint density at radius 1 is 1.04 bits per heavy atom. The number of anilines is 3. The van der Waals surface area contributed by atoms with Gasteiger partial charge in [-0.05, 0) is 82.5 Å². The highest BCUT2D eigenvalue weighted by Gasteiger charge is 2.44. The lowest BCUT2D eigenvalue weighted by Gasteiger charge is -2.33. The Morgan fingerprint density at radius 3 is 2.27 bits per heavy atom. The van der Waals surface area contributed by atoms with Gasteiger partial charge in [0.25, 0.3) is 0 Å². The molecule has 1 saturated heterocycles. The van der Waals surface area contributed by atoms with E-state index in [0.29, 0.717) is 49.0 Å². The predicted octanol–water partition coefficient (Wildman–Crippen LogP) is 6.38. The second kappa shape index (κ2) is 13.9. The minimum Gasteiger partial charge on any atom is -0.490 e. The number of hydrogen-bond acceptors (Lipinski definition) is 10. The average molecular weight is 712 g/mol. The van der Waals surface area contributed by atoms with E-state index in [1.807, 2.05) is 11.8 Å².